The molecule has 0 radical (unpaired) electrons. The normalized spacial score (nSPS) is 14.9. The van der Waals surface area contributed by atoms with Crippen LogP contribution in [0.2, 0.25) is 0 Å². The van der Waals surface area contributed by atoms with Gasteiger partial charge in [0, 0.05) is 12.7 Å². The summed E-state index contributed by atoms with van der Waals surface area (Å²) in [5.41, 5.74) is -0.153. The molecule has 0 spiro atoms. The number of carboxylic acid groups (broad SMARTS) is 1. The van der Waals surface area contributed by atoms with Crippen LogP contribution in [0.1, 0.15) is 23.2 Å². The Labute approximate surface area is 112 Å². The van der Waals surface area contributed by atoms with Crippen LogP contribution >= 0.6 is 0 Å². The second kappa shape index (κ2) is 5.10. The van der Waals surface area contributed by atoms with Gasteiger partial charge in [0.15, 0.2) is 0 Å². The number of aromatic carboxylic acids is 1. The lowest BCUT2D eigenvalue weighted by Gasteiger charge is -2.22. The molecule has 1 amide bonds. The van der Waals surface area contributed by atoms with Crippen LogP contribution in [-0.2, 0) is 4.79 Å². The van der Waals surface area contributed by atoms with E-state index in [4.69, 9.17) is 5.11 Å². The van der Waals surface area contributed by atoms with Crippen LogP contribution in [0.5, 0.6) is 0 Å². The summed E-state index contributed by atoms with van der Waals surface area (Å²) in [5.74, 6) is -3.37. The number of hydrogen-bond acceptors (Lipinski definition) is 3. The first-order valence-corrected chi connectivity index (χ1v) is 5.87. The molecule has 0 unspecified atom stereocenters. The molecule has 1 aliphatic rings. The van der Waals surface area contributed by atoms with Crippen LogP contribution in [0.4, 0.5) is 19.0 Å². The number of halogens is 3. The van der Waals surface area contributed by atoms with Crippen molar-refractivity contribution < 1.29 is 27.9 Å². The maximum atomic E-state index is 12.6. The fraction of sp³-hybridized carbons (Fsp3) is 0.417. The predicted molar refractivity (Wildman–Crippen MR) is 62.3 cm³/mol. The molecule has 1 aromatic rings. The third-order valence-electron chi connectivity index (χ3n) is 2.90. The minimum atomic E-state index is -4.98. The number of carbonyl (C=O) groups excluding carboxylic acids is 1. The van der Waals surface area contributed by atoms with E-state index in [1.54, 1.807) is 0 Å². The first-order valence-electron chi connectivity index (χ1n) is 5.87. The summed E-state index contributed by atoms with van der Waals surface area (Å²) in [4.78, 5) is 26.3. The van der Waals surface area contributed by atoms with Crippen LogP contribution in [0.3, 0.4) is 0 Å². The monoisotopic (exact) mass is 288 g/mol. The Balaban J connectivity index is 2.25. The highest BCUT2D eigenvalue weighted by atomic mass is 19.4. The average molecular weight is 288 g/mol. The molecule has 1 aromatic heterocycles. The van der Waals surface area contributed by atoms with Gasteiger partial charge in [0.05, 0.1) is 5.56 Å². The van der Waals surface area contributed by atoms with E-state index in [0.717, 1.165) is 31.2 Å². The Morgan fingerprint density at radius 3 is 2.40 bits per heavy atom. The molecule has 1 aliphatic carbocycles. The van der Waals surface area contributed by atoms with Gasteiger partial charge in [-0.25, -0.2) is 9.78 Å². The highest BCUT2D eigenvalue weighted by Gasteiger charge is 2.44. The Kier molecular flexibility index (Phi) is 3.65. The summed E-state index contributed by atoms with van der Waals surface area (Å²) in [7, 11) is 0. The summed E-state index contributed by atoms with van der Waals surface area (Å²) in [6, 6.07) is 2.23. The molecule has 108 valence electrons. The number of nitrogens with zero attached hydrogens (tertiary/aromatic N) is 2. The van der Waals surface area contributed by atoms with Gasteiger partial charge in [-0.3, -0.25) is 9.69 Å². The van der Waals surface area contributed by atoms with E-state index in [1.165, 1.54) is 0 Å². The van der Waals surface area contributed by atoms with Crippen molar-refractivity contribution in [2.45, 2.75) is 19.0 Å². The Morgan fingerprint density at radius 2 is 2.00 bits per heavy atom. The van der Waals surface area contributed by atoms with E-state index in [9.17, 15) is 22.8 Å². The Bertz CT molecular complexity index is 524. The van der Waals surface area contributed by atoms with Crippen molar-refractivity contribution in [1.29, 1.82) is 0 Å². The number of amides is 1. The predicted octanol–water partition coefficient (Wildman–Crippen LogP) is 2.09. The Hall–Kier alpha value is -2.12. The van der Waals surface area contributed by atoms with E-state index in [2.05, 4.69) is 4.98 Å². The van der Waals surface area contributed by atoms with Crippen molar-refractivity contribution in [3.63, 3.8) is 0 Å². The van der Waals surface area contributed by atoms with E-state index >= 15 is 0 Å². The maximum absolute atomic E-state index is 12.6. The zero-order chi connectivity index (χ0) is 14.9. The number of anilines is 1. The number of hydrogen-bond donors (Lipinski definition) is 1. The highest BCUT2D eigenvalue weighted by molar-refractivity contribution is 5.97. The molecule has 20 heavy (non-hydrogen) atoms. The van der Waals surface area contributed by atoms with Crippen molar-refractivity contribution in [2.75, 3.05) is 11.4 Å². The number of alkyl halides is 3. The van der Waals surface area contributed by atoms with Gasteiger partial charge in [0.2, 0.25) is 0 Å². The lowest BCUT2D eigenvalue weighted by Crippen LogP contribution is -2.42. The van der Waals surface area contributed by atoms with Gasteiger partial charge in [0.1, 0.15) is 5.82 Å². The second-order valence-electron chi connectivity index (χ2n) is 4.57. The van der Waals surface area contributed by atoms with Gasteiger partial charge >= 0.3 is 18.1 Å². The first kappa shape index (κ1) is 14.3. The van der Waals surface area contributed by atoms with Gasteiger partial charge in [-0.1, -0.05) is 0 Å². The molecule has 0 aromatic carbocycles. The molecular formula is C12H11F3N2O3. The van der Waals surface area contributed by atoms with Crippen molar-refractivity contribution >= 4 is 17.7 Å². The molecule has 0 atom stereocenters. The number of rotatable bonds is 4. The largest absolute Gasteiger partial charge is 0.478 e. The third kappa shape index (κ3) is 3.25. The fourth-order valence-corrected chi connectivity index (χ4v) is 1.66. The molecule has 1 saturated carbocycles. The van der Waals surface area contributed by atoms with Gasteiger partial charge < -0.3 is 5.11 Å². The van der Waals surface area contributed by atoms with Gasteiger partial charge in [-0.05, 0) is 30.9 Å². The van der Waals surface area contributed by atoms with Crippen molar-refractivity contribution in [1.82, 2.24) is 4.98 Å². The highest BCUT2D eigenvalue weighted by Crippen LogP contribution is 2.32. The number of pyridine rings is 1. The zero-order valence-electron chi connectivity index (χ0n) is 10.2. The first-order chi connectivity index (χ1) is 9.29. The lowest BCUT2D eigenvalue weighted by atomic mass is 10.2. The van der Waals surface area contributed by atoms with E-state index < -0.39 is 18.1 Å². The summed E-state index contributed by atoms with van der Waals surface area (Å²) in [5, 5.41) is 8.71. The summed E-state index contributed by atoms with van der Waals surface area (Å²) in [6.45, 7) is -0.0578. The van der Waals surface area contributed by atoms with Gasteiger partial charge in [-0.2, -0.15) is 13.2 Å². The maximum Gasteiger partial charge on any atom is 0.471 e. The molecule has 1 heterocycles. The van der Waals surface area contributed by atoms with Crippen LogP contribution in [0.15, 0.2) is 18.3 Å². The van der Waals surface area contributed by atoms with Crippen LogP contribution in [-0.4, -0.2) is 34.7 Å². The second-order valence-corrected chi connectivity index (χ2v) is 4.57. The summed E-state index contributed by atoms with van der Waals surface area (Å²) < 4.78 is 37.7. The molecule has 8 heteroatoms. The Morgan fingerprint density at radius 1 is 1.35 bits per heavy atom. The lowest BCUT2D eigenvalue weighted by molar-refractivity contribution is -0.170. The van der Waals surface area contributed by atoms with Gasteiger partial charge in [-0.15, -0.1) is 0 Å². The molecule has 0 aliphatic heterocycles. The SMILES string of the molecule is O=C(O)c1ccc(N(CC2CC2)C(=O)C(F)(F)F)nc1. The van der Waals surface area contributed by atoms with Crippen LogP contribution in [0.25, 0.3) is 0 Å². The van der Waals surface area contributed by atoms with Crippen molar-refractivity contribution in [3.05, 3.63) is 23.9 Å². The van der Waals surface area contributed by atoms with E-state index in [1.807, 2.05) is 0 Å². The molecule has 1 N–H and O–H groups in total. The van der Waals surface area contributed by atoms with Gasteiger partial charge in [0.25, 0.3) is 0 Å². The molecule has 1 fully saturated rings. The summed E-state index contributed by atoms with van der Waals surface area (Å²) >= 11 is 0. The van der Waals surface area contributed by atoms with E-state index in [-0.39, 0.29) is 23.8 Å². The van der Waals surface area contributed by atoms with Crippen LogP contribution in [0, 0.1) is 5.92 Å². The molecule has 0 bridgehead atoms. The molecule has 5 nitrogen and oxygen atoms in total. The van der Waals surface area contributed by atoms with Crippen LogP contribution < -0.4 is 4.90 Å². The third-order valence-corrected chi connectivity index (χ3v) is 2.90. The van der Waals surface area contributed by atoms with Crippen molar-refractivity contribution in [3.8, 4) is 0 Å². The fourth-order valence-electron chi connectivity index (χ4n) is 1.66. The topological polar surface area (TPSA) is 70.5 Å². The molecule has 0 saturated heterocycles. The average Bonchev–Trinajstić information content (AvgIpc) is 3.18. The number of carbonyl (C=O) groups is 2. The van der Waals surface area contributed by atoms with Crippen molar-refractivity contribution in [2.24, 2.45) is 5.92 Å². The zero-order valence-corrected chi connectivity index (χ0v) is 10.2. The smallest absolute Gasteiger partial charge is 0.471 e. The van der Waals surface area contributed by atoms with E-state index in [0.29, 0.717) is 4.90 Å². The minimum Gasteiger partial charge on any atom is -0.478 e. The summed E-state index contributed by atoms with van der Waals surface area (Å²) in [6.07, 6.45) is -2.51. The number of carboxylic acids is 1. The standard InChI is InChI=1S/C12H11F3N2O3/c13-12(14,15)11(20)17(6-7-1-2-7)9-4-3-8(5-16-9)10(18)19/h3-5,7H,1-2,6H2,(H,18,19). The minimum absolute atomic E-state index is 0.0438. The molecular weight excluding hydrogens is 277 g/mol. The quantitative estimate of drug-likeness (QED) is 0.921. The molecule has 2 rings (SSSR count). The number of aromatic nitrogens is 1.